The number of aliphatic hydroxyl groups excluding tert-OH is 1. The summed E-state index contributed by atoms with van der Waals surface area (Å²) in [5.41, 5.74) is -0.388. The normalized spacial score (nSPS) is 21.3. The highest BCUT2D eigenvalue weighted by Crippen LogP contribution is 2.34. The maximum absolute atomic E-state index is 14.2. The van der Waals surface area contributed by atoms with Gasteiger partial charge in [0.15, 0.2) is 11.6 Å². The van der Waals surface area contributed by atoms with Gasteiger partial charge in [-0.25, -0.2) is 8.78 Å². The van der Waals surface area contributed by atoms with Crippen LogP contribution in [0.25, 0.3) is 0 Å². The SMILES string of the molecule is CC(C)C(=O)N1CCn2c(nnc2[C@@H]2C[C@H](O)CN2C(=O)c2cc(F)ccc2F)C1. The first-order valence-corrected chi connectivity index (χ1v) is 9.91. The number of amides is 2. The van der Waals surface area contributed by atoms with Gasteiger partial charge in [-0.05, 0) is 18.2 Å². The largest absolute Gasteiger partial charge is 0.391 e. The van der Waals surface area contributed by atoms with Crippen molar-refractivity contribution in [2.24, 2.45) is 5.92 Å². The molecule has 0 radical (unpaired) electrons. The standard InChI is InChI=1S/C20H23F2N5O3/c1-11(2)19(29)25-5-6-26-17(10-25)23-24-18(26)16-8-13(28)9-27(16)20(30)14-7-12(21)3-4-15(14)22/h3-4,7,11,13,16,28H,5-6,8-10H2,1-2H3/t13-,16-/m0/s1. The minimum atomic E-state index is -0.826. The number of rotatable bonds is 3. The van der Waals surface area contributed by atoms with Crippen molar-refractivity contribution in [3.05, 3.63) is 47.0 Å². The predicted octanol–water partition coefficient (Wildman–Crippen LogP) is 1.50. The number of hydrogen-bond donors (Lipinski definition) is 1. The van der Waals surface area contributed by atoms with Gasteiger partial charge in [-0.3, -0.25) is 9.59 Å². The molecular formula is C20H23F2N5O3. The molecule has 0 saturated carbocycles. The van der Waals surface area contributed by atoms with Crippen LogP contribution in [0.2, 0.25) is 0 Å². The Morgan fingerprint density at radius 2 is 1.97 bits per heavy atom. The molecule has 2 aliphatic rings. The number of aromatic nitrogens is 3. The molecule has 2 atom stereocenters. The quantitative estimate of drug-likeness (QED) is 0.814. The van der Waals surface area contributed by atoms with Crippen LogP contribution < -0.4 is 0 Å². The highest BCUT2D eigenvalue weighted by molar-refractivity contribution is 5.95. The Kier molecular flexibility index (Phi) is 5.27. The van der Waals surface area contributed by atoms with Gasteiger partial charge in [-0.1, -0.05) is 13.8 Å². The highest BCUT2D eigenvalue weighted by Gasteiger charge is 2.40. The predicted molar refractivity (Wildman–Crippen MR) is 101 cm³/mol. The molecule has 0 spiro atoms. The van der Waals surface area contributed by atoms with Crippen molar-refractivity contribution in [3.8, 4) is 0 Å². The smallest absolute Gasteiger partial charge is 0.257 e. The van der Waals surface area contributed by atoms with E-state index in [1.165, 1.54) is 4.90 Å². The summed E-state index contributed by atoms with van der Waals surface area (Å²) in [6.07, 6.45) is -0.596. The van der Waals surface area contributed by atoms with Crippen molar-refractivity contribution >= 4 is 11.8 Å². The Labute approximate surface area is 172 Å². The fourth-order valence-electron chi connectivity index (χ4n) is 4.08. The number of nitrogens with zero attached hydrogens (tertiary/aromatic N) is 5. The van der Waals surface area contributed by atoms with E-state index in [9.17, 15) is 23.5 Å². The Balaban J connectivity index is 1.62. The van der Waals surface area contributed by atoms with Gasteiger partial charge in [0.25, 0.3) is 5.91 Å². The molecule has 30 heavy (non-hydrogen) atoms. The minimum Gasteiger partial charge on any atom is -0.391 e. The van der Waals surface area contributed by atoms with Crippen LogP contribution in [-0.2, 0) is 17.9 Å². The van der Waals surface area contributed by atoms with E-state index >= 15 is 0 Å². The monoisotopic (exact) mass is 419 g/mol. The lowest BCUT2D eigenvalue weighted by molar-refractivity contribution is -0.136. The van der Waals surface area contributed by atoms with E-state index in [1.54, 1.807) is 4.90 Å². The molecule has 1 saturated heterocycles. The second kappa shape index (κ2) is 7.75. The lowest BCUT2D eigenvalue weighted by Crippen LogP contribution is -2.41. The Hall–Kier alpha value is -2.88. The van der Waals surface area contributed by atoms with Crippen LogP contribution in [0.5, 0.6) is 0 Å². The fraction of sp³-hybridized carbons (Fsp3) is 0.500. The number of likely N-dealkylation sites (tertiary alicyclic amines) is 1. The molecule has 1 aromatic heterocycles. The van der Waals surface area contributed by atoms with Crippen LogP contribution in [0.15, 0.2) is 18.2 Å². The van der Waals surface area contributed by atoms with Crippen LogP contribution in [0.3, 0.4) is 0 Å². The zero-order valence-corrected chi connectivity index (χ0v) is 16.8. The number of benzene rings is 1. The maximum Gasteiger partial charge on any atom is 0.257 e. The van der Waals surface area contributed by atoms with E-state index in [0.717, 1.165) is 18.2 Å². The van der Waals surface area contributed by atoms with E-state index in [0.29, 0.717) is 31.3 Å². The first kappa shape index (κ1) is 20.4. The van der Waals surface area contributed by atoms with Crippen molar-refractivity contribution in [3.63, 3.8) is 0 Å². The molecule has 1 fully saturated rings. The van der Waals surface area contributed by atoms with E-state index in [2.05, 4.69) is 10.2 Å². The fourth-order valence-corrected chi connectivity index (χ4v) is 4.08. The van der Waals surface area contributed by atoms with E-state index in [1.807, 2.05) is 18.4 Å². The third kappa shape index (κ3) is 3.55. The topological polar surface area (TPSA) is 91.6 Å². The van der Waals surface area contributed by atoms with Gasteiger partial charge >= 0.3 is 0 Å². The molecule has 0 aliphatic carbocycles. The molecular weight excluding hydrogens is 396 g/mol. The second-order valence-corrected chi connectivity index (χ2v) is 8.03. The van der Waals surface area contributed by atoms with Crippen molar-refractivity contribution in [2.45, 2.75) is 45.5 Å². The lowest BCUT2D eigenvalue weighted by atomic mass is 10.1. The molecule has 4 rings (SSSR count). The van der Waals surface area contributed by atoms with E-state index < -0.39 is 29.7 Å². The average Bonchev–Trinajstić information content (AvgIpc) is 3.31. The summed E-state index contributed by atoms with van der Waals surface area (Å²) in [5, 5.41) is 18.6. The number of fused-ring (bicyclic) bond motifs is 1. The van der Waals surface area contributed by atoms with Gasteiger partial charge in [-0.2, -0.15) is 0 Å². The summed E-state index contributed by atoms with van der Waals surface area (Å²) in [6.45, 7) is 4.91. The van der Waals surface area contributed by atoms with Crippen molar-refractivity contribution in [2.75, 3.05) is 13.1 Å². The summed E-state index contributed by atoms with van der Waals surface area (Å²) >= 11 is 0. The Bertz CT molecular complexity index is 993. The van der Waals surface area contributed by atoms with Gasteiger partial charge in [0.1, 0.15) is 11.6 Å². The third-order valence-corrected chi connectivity index (χ3v) is 5.58. The first-order valence-electron chi connectivity index (χ1n) is 9.91. The molecule has 10 heteroatoms. The average molecular weight is 419 g/mol. The van der Waals surface area contributed by atoms with Gasteiger partial charge in [0, 0.05) is 32.0 Å². The molecule has 1 N–H and O–H groups in total. The van der Waals surface area contributed by atoms with Gasteiger partial charge < -0.3 is 19.5 Å². The third-order valence-electron chi connectivity index (χ3n) is 5.58. The second-order valence-electron chi connectivity index (χ2n) is 8.03. The molecule has 0 unspecified atom stereocenters. The van der Waals surface area contributed by atoms with Gasteiger partial charge in [0.2, 0.25) is 5.91 Å². The lowest BCUT2D eigenvalue weighted by Gasteiger charge is -2.31. The molecule has 0 bridgehead atoms. The number of aliphatic hydroxyl groups is 1. The number of β-amino-alcohol motifs (C(OH)–C–C–N with tert-alkyl or cyclic N) is 1. The summed E-state index contributed by atoms with van der Waals surface area (Å²) in [7, 11) is 0. The molecule has 1 aromatic carbocycles. The van der Waals surface area contributed by atoms with Crippen LogP contribution in [0.1, 0.15) is 48.3 Å². The van der Waals surface area contributed by atoms with Gasteiger partial charge in [0.05, 0.1) is 24.3 Å². The number of halogens is 2. The summed E-state index contributed by atoms with van der Waals surface area (Å²) in [5.74, 6) is -1.28. The zero-order valence-electron chi connectivity index (χ0n) is 16.8. The maximum atomic E-state index is 14.2. The van der Waals surface area contributed by atoms with E-state index in [4.69, 9.17) is 0 Å². The highest BCUT2D eigenvalue weighted by atomic mass is 19.1. The van der Waals surface area contributed by atoms with Crippen molar-refractivity contribution in [1.82, 2.24) is 24.6 Å². The van der Waals surface area contributed by atoms with E-state index in [-0.39, 0.29) is 30.4 Å². The van der Waals surface area contributed by atoms with Crippen LogP contribution in [0, 0.1) is 17.6 Å². The van der Waals surface area contributed by atoms with Gasteiger partial charge in [-0.15, -0.1) is 10.2 Å². The molecule has 2 aliphatic heterocycles. The minimum absolute atomic E-state index is 0.0143. The van der Waals surface area contributed by atoms with Crippen LogP contribution >= 0.6 is 0 Å². The molecule has 2 amide bonds. The molecule has 3 heterocycles. The summed E-state index contributed by atoms with van der Waals surface area (Å²) in [4.78, 5) is 28.3. The zero-order chi connectivity index (χ0) is 21.6. The summed E-state index contributed by atoms with van der Waals surface area (Å²) < 4.78 is 29.6. The number of carbonyl (C=O) groups is 2. The van der Waals surface area contributed by atoms with Crippen LogP contribution in [-0.4, -0.2) is 60.7 Å². The Morgan fingerprint density at radius 3 is 2.70 bits per heavy atom. The Morgan fingerprint density at radius 1 is 1.20 bits per heavy atom. The molecule has 160 valence electrons. The summed E-state index contributed by atoms with van der Waals surface area (Å²) in [6, 6.07) is 2.09. The molecule has 2 aromatic rings. The first-order chi connectivity index (χ1) is 14.3. The van der Waals surface area contributed by atoms with Crippen LogP contribution in [0.4, 0.5) is 8.78 Å². The van der Waals surface area contributed by atoms with Crippen molar-refractivity contribution < 1.29 is 23.5 Å². The number of hydrogen-bond acceptors (Lipinski definition) is 5. The van der Waals surface area contributed by atoms with Crippen molar-refractivity contribution in [1.29, 1.82) is 0 Å². The number of carbonyl (C=O) groups excluding carboxylic acids is 2. The molecule has 8 nitrogen and oxygen atoms in total.